The van der Waals surface area contributed by atoms with Crippen molar-refractivity contribution in [2.45, 2.75) is 26.3 Å². The van der Waals surface area contributed by atoms with E-state index in [1.165, 1.54) is 0 Å². The number of nitriles is 1. The molecule has 2 aromatic rings. The second-order valence-electron chi connectivity index (χ2n) is 5.09. The van der Waals surface area contributed by atoms with Gasteiger partial charge in [0, 0.05) is 13.6 Å². The van der Waals surface area contributed by atoms with E-state index < -0.39 is 0 Å². The Balaban J connectivity index is 2.17. The molecular weight excluding hydrogens is 250 g/mol. The van der Waals surface area contributed by atoms with Crippen LogP contribution < -0.4 is 11.1 Å². The van der Waals surface area contributed by atoms with Gasteiger partial charge in [-0.3, -0.25) is 4.68 Å². The fourth-order valence-corrected chi connectivity index (χ4v) is 2.13. The Bertz CT molecular complexity index is 649. The molecule has 0 aliphatic rings. The highest BCUT2D eigenvalue weighted by atomic mass is 15.3. The highest BCUT2D eigenvalue weighted by Gasteiger charge is 2.15. The van der Waals surface area contributed by atoms with Gasteiger partial charge in [-0.15, -0.1) is 0 Å². The number of hydrogen-bond acceptors (Lipinski definition) is 4. The molecule has 0 atom stereocenters. The first-order valence-electron chi connectivity index (χ1n) is 6.58. The summed E-state index contributed by atoms with van der Waals surface area (Å²) in [5.74, 6) is 1.11. The molecule has 0 radical (unpaired) electrons. The van der Waals surface area contributed by atoms with Crippen molar-refractivity contribution in [3.63, 3.8) is 0 Å². The summed E-state index contributed by atoms with van der Waals surface area (Å²) in [5.41, 5.74) is 9.42. The first kappa shape index (κ1) is 13.9. The summed E-state index contributed by atoms with van der Waals surface area (Å²) in [6.45, 7) is 4.74. The molecule has 0 aliphatic heterocycles. The molecule has 1 aromatic heterocycles. The molecule has 2 rings (SSSR count). The molecule has 0 aliphatic carbocycles. The molecule has 0 amide bonds. The van der Waals surface area contributed by atoms with Gasteiger partial charge in [0.05, 0.1) is 23.0 Å². The highest BCUT2D eigenvalue weighted by Crippen LogP contribution is 2.27. The average molecular weight is 269 g/mol. The summed E-state index contributed by atoms with van der Waals surface area (Å²) in [7, 11) is 1.87. The van der Waals surface area contributed by atoms with Gasteiger partial charge in [0.25, 0.3) is 0 Å². The molecule has 20 heavy (non-hydrogen) atoms. The smallest absolute Gasteiger partial charge is 0.148 e. The number of rotatable bonds is 4. The van der Waals surface area contributed by atoms with Gasteiger partial charge in [-0.25, -0.2) is 0 Å². The highest BCUT2D eigenvalue weighted by molar-refractivity contribution is 5.65. The summed E-state index contributed by atoms with van der Waals surface area (Å²) >= 11 is 0. The van der Waals surface area contributed by atoms with Crippen LogP contribution in [0.1, 0.15) is 36.6 Å². The third kappa shape index (κ3) is 2.75. The minimum atomic E-state index is 0.290. The zero-order valence-corrected chi connectivity index (χ0v) is 12.0. The Morgan fingerprint density at radius 1 is 1.45 bits per heavy atom. The Kier molecular flexibility index (Phi) is 3.94. The summed E-state index contributed by atoms with van der Waals surface area (Å²) in [4.78, 5) is 0. The van der Waals surface area contributed by atoms with Crippen LogP contribution >= 0.6 is 0 Å². The maximum Gasteiger partial charge on any atom is 0.148 e. The number of nitrogens with zero attached hydrogens (tertiary/aromatic N) is 3. The van der Waals surface area contributed by atoms with Gasteiger partial charge in [-0.1, -0.05) is 26.0 Å². The monoisotopic (exact) mass is 269 g/mol. The zero-order chi connectivity index (χ0) is 14.7. The first-order valence-corrected chi connectivity index (χ1v) is 6.58. The van der Waals surface area contributed by atoms with Gasteiger partial charge in [0.2, 0.25) is 0 Å². The molecular formula is C15H19N5. The van der Waals surface area contributed by atoms with E-state index in [4.69, 9.17) is 11.0 Å². The van der Waals surface area contributed by atoms with Crippen molar-refractivity contribution < 1.29 is 0 Å². The van der Waals surface area contributed by atoms with Crippen LogP contribution in [-0.2, 0) is 13.6 Å². The van der Waals surface area contributed by atoms with Crippen LogP contribution in [0.3, 0.4) is 0 Å². The van der Waals surface area contributed by atoms with Crippen molar-refractivity contribution in [2.75, 3.05) is 11.1 Å². The predicted octanol–water partition coefficient (Wildman–Crippen LogP) is 2.61. The van der Waals surface area contributed by atoms with Crippen molar-refractivity contribution in [3.8, 4) is 6.07 Å². The van der Waals surface area contributed by atoms with E-state index in [9.17, 15) is 0 Å². The Hall–Kier alpha value is -2.48. The fraction of sp³-hybridized carbons (Fsp3) is 0.333. The van der Waals surface area contributed by atoms with Crippen molar-refractivity contribution in [2.24, 2.45) is 7.05 Å². The maximum atomic E-state index is 8.90. The molecule has 0 unspecified atom stereocenters. The number of nitrogen functional groups attached to an aromatic ring is 1. The first-order chi connectivity index (χ1) is 9.52. The van der Waals surface area contributed by atoms with E-state index in [1.54, 1.807) is 10.7 Å². The van der Waals surface area contributed by atoms with Crippen molar-refractivity contribution in [1.82, 2.24) is 9.78 Å². The van der Waals surface area contributed by atoms with Gasteiger partial charge in [-0.2, -0.15) is 10.4 Å². The van der Waals surface area contributed by atoms with Gasteiger partial charge in [0.15, 0.2) is 0 Å². The van der Waals surface area contributed by atoms with Crippen molar-refractivity contribution in [1.29, 1.82) is 5.26 Å². The lowest BCUT2D eigenvalue weighted by molar-refractivity contribution is 0.715. The molecule has 5 heteroatoms. The quantitative estimate of drug-likeness (QED) is 0.894. The van der Waals surface area contributed by atoms with E-state index >= 15 is 0 Å². The van der Waals surface area contributed by atoms with Gasteiger partial charge in [-0.05, 0) is 23.6 Å². The van der Waals surface area contributed by atoms with E-state index in [0.29, 0.717) is 23.7 Å². The molecule has 1 aromatic carbocycles. The standard InChI is InChI=1S/C15H19N5/c1-10(2)14-13(17)15(20(3)19-14)18-9-12-6-4-5-11(7-12)8-16/h4-7,10,18H,9,17H2,1-3H3. The molecule has 5 nitrogen and oxygen atoms in total. The molecule has 3 N–H and O–H groups in total. The summed E-state index contributed by atoms with van der Waals surface area (Å²) < 4.78 is 1.76. The number of hydrogen-bond donors (Lipinski definition) is 2. The summed E-state index contributed by atoms with van der Waals surface area (Å²) in [6, 6.07) is 9.64. The van der Waals surface area contributed by atoms with Crippen LogP contribution in [0.25, 0.3) is 0 Å². The average Bonchev–Trinajstić information content (AvgIpc) is 2.72. The van der Waals surface area contributed by atoms with E-state index in [0.717, 1.165) is 17.1 Å². The second-order valence-corrected chi connectivity index (χ2v) is 5.09. The van der Waals surface area contributed by atoms with Crippen LogP contribution in [0.5, 0.6) is 0 Å². The molecule has 104 valence electrons. The molecule has 1 heterocycles. The minimum Gasteiger partial charge on any atom is -0.394 e. The third-order valence-electron chi connectivity index (χ3n) is 3.18. The van der Waals surface area contributed by atoms with E-state index in [1.807, 2.05) is 25.2 Å². The van der Waals surface area contributed by atoms with E-state index in [2.05, 4.69) is 30.3 Å². The fourth-order valence-electron chi connectivity index (χ4n) is 2.13. The minimum absolute atomic E-state index is 0.290. The number of aromatic nitrogens is 2. The number of aryl methyl sites for hydroxylation is 1. The molecule has 0 spiro atoms. The van der Waals surface area contributed by atoms with Gasteiger partial charge in [0.1, 0.15) is 5.82 Å². The molecule has 0 saturated carbocycles. The molecule has 0 fully saturated rings. The lowest BCUT2D eigenvalue weighted by Gasteiger charge is -2.08. The number of anilines is 2. The largest absolute Gasteiger partial charge is 0.394 e. The zero-order valence-electron chi connectivity index (χ0n) is 12.0. The van der Waals surface area contributed by atoms with E-state index in [-0.39, 0.29) is 0 Å². The Labute approximate surface area is 119 Å². The molecule has 0 bridgehead atoms. The topological polar surface area (TPSA) is 79.7 Å². The van der Waals surface area contributed by atoms with Crippen LogP contribution in [-0.4, -0.2) is 9.78 Å². The summed E-state index contributed by atoms with van der Waals surface area (Å²) in [6.07, 6.45) is 0. The maximum absolute atomic E-state index is 8.90. The Morgan fingerprint density at radius 3 is 2.80 bits per heavy atom. The lowest BCUT2D eigenvalue weighted by Crippen LogP contribution is -2.06. The van der Waals surface area contributed by atoms with Crippen LogP contribution in [0.15, 0.2) is 24.3 Å². The van der Waals surface area contributed by atoms with Crippen LogP contribution in [0.4, 0.5) is 11.5 Å². The summed E-state index contributed by atoms with van der Waals surface area (Å²) in [5, 5.41) is 16.6. The lowest BCUT2D eigenvalue weighted by atomic mass is 10.1. The second kappa shape index (κ2) is 5.66. The number of benzene rings is 1. The van der Waals surface area contributed by atoms with Gasteiger partial charge < -0.3 is 11.1 Å². The van der Waals surface area contributed by atoms with Crippen LogP contribution in [0, 0.1) is 11.3 Å². The normalized spacial score (nSPS) is 10.6. The third-order valence-corrected chi connectivity index (χ3v) is 3.18. The Morgan fingerprint density at radius 2 is 2.20 bits per heavy atom. The number of nitrogens with one attached hydrogen (secondary N) is 1. The SMILES string of the molecule is CC(C)c1nn(C)c(NCc2cccc(C#N)c2)c1N. The predicted molar refractivity (Wildman–Crippen MR) is 80.2 cm³/mol. The van der Waals surface area contributed by atoms with Gasteiger partial charge >= 0.3 is 0 Å². The van der Waals surface area contributed by atoms with Crippen molar-refractivity contribution in [3.05, 3.63) is 41.1 Å². The van der Waals surface area contributed by atoms with Crippen molar-refractivity contribution >= 4 is 11.5 Å². The molecule has 0 saturated heterocycles. The number of nitrogens with two attached hydrogens (primary N) is 1. The van der Waals surface area contributed by atoms with Crippen LogP contribution in [0.2, 0.25) is 0 Å².